The second kappa shape index (κ2) is 9.26. The topological polar surface area (TPSA) is 82.1 Å². The van der Waals surface area contributed by atoms with Crippen molar-refractivity contribution in [1.82, 2.24) is 4.31 Å². The van der Waals surface area contributed by atoms with E-state index in [0.717, 1.165) is 4.31 Å². The minimum atomic E-state index is -3.88. The second-order valence-electron chi connectivity index (χ2n) is 5.70. The van der Waals surface area contributed by atoms with E-state index in [1.165, 1.54) is 21.3 Å². The lowest BCUT2D eigenvalue weighted by Crippen LogP contribution is -2.48. The lowest BCUT2D eigenvalue weighted by atomic mass is 10.0. The van der Waals surface area contributed by atoms with Gasteiger partial charge in [0.05, 0.1) is 21.3 Å². The Morgan fingerprint density at radius 1 is 1.12 bits per heavy atom. The third kappa shape index (κ3) is 5.49. The summed E-state index contributed by atoms with van der Waals surface area (Å²) in [6.07, 6.45) is 0. The zero-order valence-corrected chi connectivity index (χ0v) is 16.6. The molecule has 0 aliphatic rings. The minimum Gasteiger partial charge on any atom is -0.497 e. The first-order valence-electron chi connectivity index (χ1n) is 7.55. The van der Waals surface area contributed by atoms with Gasteiger partial charge in [0.15, 0.2) is 0 Å². The molecule has 0 aromatic heterocycles. The van der Waals surface area contributed by atoms with Gasteiger partial charge in [-0.2, -0.15) is 4.31 Å². The predicted molar refractivity (Wildman–Crippen MR) is 95.4 cm³/mol. The van der Waals surface area contributed by atoms with Crippen LogP contribution in [-0.4, -0.2) is 51.3 Å². The van der Waals surface area contributed by atoms with E-state index >= 15 is 0 Å². The highest BCUT2D eigenvalue weighted by Crippen LogP contribution is 2.27. The van der Waals surface area contributed by atoms with E-state index in [1.54, 1.807) is 32.0 Å². The molecule has 0 fully saturated rings. The van der Waals surface area contributed by atoms with E-state index in [0.29, 0.717) is 17.1 Å². The first kappa shape index (κ1) is 21.5. The van der Waals surface area contributed by atoms with E-state index < -0.39 is 27.2 Å². The summed E-state index contributed by atoms with van der Waals surface area (Å²) >= 11 is 5.64. The van der Waals surface area contributed by atoms with Crippen molar-refractivity contribution in [1.29, 1.82) is 0 Å². The standard InChI is InChI=1S/C16H24ClNO6S/c1-11(2)15(16(19)24-5)18(25(20,21)10-17)9-12-6-13(22-3)8-14(7-12)23-4/h6-8,11,15H,9-10H2,1-5H3/t15-/m0/s1. The van der Waals surface area contributed by atoms with Crippen molar-refractivity contribution in [2.45, 2.75) is 26.4 Å². The number of rotatable bonds is 9. The van der Waals surface area contributed by atoms with Gasteiger partial charge in [0, 0.05) is 12.6 Å². The molecule has 0 amide bonds. The number of carbonyl (C=O) groups excluding carboxylic acids is 1. The number of sulfonamides is 1. The Bertz CT molecular complexity index is 670. The lowest BCUT2D eigenvalue weighted by molar-refractivity contribution is -0.146. The third-order valence-electron chi connectivity index (χ3n) is 3.63. The average Bonchev–Trinajstić information content (AvgIpc) is 2.59. The van der Waals surface area contributed by atoms with Gasteiger partial charge in [-0.05, 0) is 23.6 Å². The molecule has 1 atom stereocenters. The van der Waals surface area contributed by atoms with Crippen LogP contribution in [0.4, 0.5) is 0 Å². The molecule has 142 valence electrons. The molecule has 1 aromatic carbocycles. The molecule has 0 heterocycles. The quantitative estimate of drug-likeness (QED) is 0.472. The van der Waals surface area contributed by atoms with Crippen molar-refractivity contribution >= 4 is 27.6 Å². The maximum Gasteiger partial charge on any atom is 0.324 e. The predicted octanol–water partition coefficient (Wildman–Crippen LogP) is 2.23. The van der Waals surface area contributed by atoms with Gasteiger partial charge in [-0.25, -0.2) is 8.42 Å². The van der Waals surface area contributed by atoms with Crippen LogP contribution in [0.3, 0.4) is 0 Å². The van der Waals surface area contributed by atoms with E-state index in [4.69, 9.17) is 25.8 Å². The van der Waals surface area contributed by atoms with E-state index in [1.807, 2.05) is 0 Å². The third-order valence-corrected chi connectivity index (χ3v) is 5.80. The van der Waals surface area contributed by atoms with Gasteiger partial charge in [0.1, 0.15) is 22.8 Å². The molecule has 25 heavy (non-hydrogen) atoms. The first-order chi connectivity index (χ1) is 11.7. The van der Waals surface area contributed by atoms with Crippen LogP contribution in [0, 0.1) is 5.92 Å². The fraction of sp³-hybridized carbons (Fsp3) is 0.562. The van der Waals surface area contributed by atoms with Crippen molar-refractivity contribution in [3.05, 3.63) is 23.8 Å². The van der Waals surface area contributed by atoms with Gasteiger partial charge >= 0.3 is 5.97 Å². The van der Waals surface area contributed by atoms with Gasteiger partial charge in [0.2, 0.25) is 10.0 Å². The van der Waals surface area contributed by atoms with Gasteiger partial charge in [-0.15, -0.1) is 11.6 Å². The highest BCUT2D eigenvalue weighted by atomic mass is 35.5. The Hall–Kier alpha value is -1.51. The molecule has 0 aliphatic carbocycles. The zero-order valence-electron chi connectivity index (χ0n) is 15.0. The Morgan fingerprint density at radius 3 is 2.00 bits per heavy atom. The Morgan fingerprint density at radius 2 is 1.64 bits per heavy atom. The second-order valence-corrected chi connectivity index (χ2v) is 8.20. The van der Waals surface area contributed by atoms with Crippen LogP contribution < -0.4 is 9.47 Å². The van der Waals surface area contributed by atoms with Crippen LogP contribution in [0.15, 0.2) is 18.2 Å². The van der Waals surface area contributed by atoms with Crippen molar-refractivity contribution in [2.24, 2.45) is 5.92 Å². The van der Waals surface area contributed by atoms with Gasteiger partial charge in [-0.1, -0.05) is 13.8 Å². The van der Waals surface area contributed by atoms with Gasteiger partial charge < -0.3 is 14.2 Å². The number of ether oxygens (including phenoxy) is 3. The summed E-state index contributed by atoms with van der Waals surface area (Å²) in [5.41, 5.74) is 0.597. The van der Waals surface area contributed by atoms with Crippen LogP contribution in [-0.2, 0) is 26.1 Å². The molecule has 7 nitrogen and oxygen atoms in total. The molecule has 1 aromatic rings. The van der Waals surface area contributed by atoms with Gasteiger partial charge in [0.25, 0.3) is 0 Å². The van der Waals surface area contributed by atoms with Crippen molar-refractivity contribution in [2.75, 3.05) is 26.5 Å². The SMILES string of the molecule is COC(=O)[C@H](C(C)C)N(Cc1cc(OC)cc(OC)c1)S(=O)(=O)CCl. The number of hydrogen-bond acceptors (Lipinski definition) is 6. The Labute approximate surface area is 153 Å². The number of halogens is 1. The van der Waals surface area contributed by atoms with E-state index in [-0.39, 0.29) is 12.5 Å². The number of nitrogens with zero attached hydrogens (tertiary/aromatic N) is 1. The molecule has 0 radical (unpaired) electrons. The smallest absolute Gasteiger partial charge is 0.324 e. The summed E-state index contributed by atoms with van der Waals surface area (Å²) in [6, 6.07) is 4.03. The monoisotopic (exact) mass is 393 g/mol. The summed E-state index contributed by atoms with van der Waals surface area (Å²) in [6.45, 7) is 3.41. The van der Waals surface area contributed by atoms with Crippen LogP contribution in [0.5, 0.6) is 11.5 Å². The van der Waals surface area contributed by atoms with Crippen LogP contribution >= 0.6 is 11.6 Å². The fourth-order valence-corrected chi connectivity index (χ4v) is 3.94. The van der Waals surface area contributed by atoms with Crippen molar-refractivity contribution < 1.29 is 27.4 Å². The molecule has 1 rings (SSSR count). The molecule has 0 saturated heterocycles. The highest BCUT2D eigenvalue weighted by molar-refractivity contribution is 7.90. The molecule has 0 N–H and O–H groups in total. The van der Waals surface area contributed by atoms with E-state index in [9.17, 15) is 13.2 Å². The van der Waals surface area contributed by atoms with Gasteiger partial charge in [-0.3, -0.25) is 4.79 Å². The molecule has 0 unspecified atom stereocenters. The van der Waals surface area contributed by atoms with Crippen molar-refractivity contribution in [3.63, 3.8) is 0 Å². The van der Waals surface area contributed by atoms with Crippen LogP contribution in [0.25, 0.3) is 0 Å². The molecule has 0 aliphatic heterocycles. The maximum absolute atomic E-state index is 12.5. The minimum absolute atomic E-state index is 0.0689. The van der Waals surface area contributed by atoms with Crippen LogP contribution in [0.2, 0.25) is 0 Å². The molecule has 9 heteroatoms. The molecule has 0 bridgehead atoms. The lowest BCUT2D eigenvalue weighted by Gasteiger charge is -2.31. The fourth-order valence-electron chi connectivity index (χ4n) is 2.41. The summed E-state index contributed by atoms with van der Waals surface area (Å²) in [5, 5.41) is -0.645. The number of carbonyl (C=O) groups is 1. The number of alkyl halides is 1. The Balaban J connectivity index is 3.38. The zero-order chi connectivity index (χ0) is 19.2. The highest BCUT2D eigenvalue weighted by Gasteiger charge is 2.37. The number of esters is 1. The number of benzene rings is 1. The average molecular weight is 394 g/mol. The molecule has 0 saturated carbocycles. The largest absolute Gasteiger partial charge is 0.497 e. The van der Waals surface area contributed by atoms with Crippen molar-refractivity contribution in [3.8, 4) is 11.5 Å². The van der Waals surface area contributed by atoms with E-state index in [2.05, 4.69) is 0 Å². The number of hydrogen-bond donors (Lipinski definition) is 0. The normalized spacial score (nSPS) is 13.0. The first-order valence-corrected chi connectivity index (χ1v) is 9.69. The summed E-state index contributed by atoms with van der Waals surface area (Å²) in [7, 11) is 0.334. The van der Waals surface area contributed by atoms with Crippen LogP contribution in [0.1, 0.15) is 19.4 Å². The maximum atomic E-state index is 12.5. The summed E-state index contributed by atoms with van der Waals surface area (Å²) in [4.78, 5) is 12.2. The summed E-state index contributed by atoms with van der Waals surface area (Å²) < 4.78 is 41.3. The Kier molecular flexibility index (Phi) is 7.98. The molecular weight excluding hydrogens is 370 g/mol. The number of methoxy groups -OCH3 is 3. The molecular formula is C16H24ClNO6S. The molecule has 0 spiro atoms. The summed E-state index contributed by atoms with van der Waals surface area (Å²) in [5.74, 6) is 0.0740.